The largest absolute Gasteiger partial charge is 0.453 e. The number of ether oxygens (including phenoxy) is 2. The summed E-state index contributed by atoms with van der Waals surface area (Å²) in [5, 5.41) is 0. The van der Waals surface area contributed by atoms with Crippen LogP contribution in [0, 0.1) is 0 Å². The highest BCUT2D eigenvalue weighted by molar-refractivity contribution is 9.10. The maximum atomic E-state index is 10.6. The first-order valence-corrected chi connectivity index (χ1v) is 6.52. The second-order valence-corrected chi connectivity index (χ2v) is 5.00. The smallest absolute Gasteiger partial charge is 0.231 e. The summed E-state index contributed by atoms with van der Waals surface area (Å²) in [6.07, 6.45) is 2.36. The Balaban J connectivity index is 2.52. The monoisotopic (exact) mass is 298 g/mol. The lowest BCUT2D eigenvalue weighted by Crippen LogP contribution is -2.01. The molecule has 2 rings (SSSR count). The Bertz CT molecular complexity index is 443. The van der Waals surface area contributed by atoms with Gasteiger partial charge in [-0.25, -0.2) is 0 Å². The van der Waals surface area contributed by atoms with Gasteiger partial charge in [-0.15, -0.1) is 0 Å². The maximum absolute atomic E-state index is 10.6. The van der Waals surface area contributed by atoms with Crippen molar-refractivity contribution in [2.24, 2.45) is 0 Å². The molecule has 0 N–H and O–H groups in total. The van der Waals surface area contributed by atoms with Crippen molar-refractivity contribution in [3.8, 4) is 11.5 Å². The van der Waals surface area contributed by atoms with Crippen molar-refractivity contribution in [2.75, 3.05) is 6.79 Å². The minimum absolute atomic E-state index is 0.202. The van der Waals surface area contributed by atoms with Crippen molar-refractivity contribution in [2.45, 2.75) is 32.6 Å². The molecule has 0 amide bonds. The van der Waals surface area contributed by atoms with Crippen LogP contribution in [-0.4, -0.2) is 13.1 Å². The van der Waals surface area contributed by atoms with Gasteiger partial charge in [-0.3, -0.25) is 0 Å². The van der Waals surface area contributed by atoms with Crippen molar-refractivity contribution in [1.82, 2.24) is 0 Å². The highest BCUT2D eigenvalue weighted by atomic mass is 79.9. The summed E-state index contributed by atoms with van der Waals surface area (Å²) in [6, 6.07) is 2.04. The lowest BCUT2D eigenvalue weighted by molar-refractivity contribution is -0.108. The van der Waals surface area contributed by atoms with Crippen LogP contribution >= 0.6 is 15.9 Å². The molecular weight excluding hydrogens is 284 g/mol. The quantitative estimate of drug-likeness (QED) is 0.799. The topological polar surface area (TPSA) is 35.5 Å². The first kappa shape index (κ1) is 12.4. The average Bonchev–Trinajstić information content (AvgIpc) is 2.78. The third-order valence-electron chi connectivity index (χ3n) is 3.07. The molecule has 1 atom stereocenters. The van der Waals surface area contributed by atoms with E-state index in [-0.39, 0.29) is 12.7 Å². The highest BCUT2D eigenvalue weighted by Crippen LogP contribution is 2.45. The predicted octanol–water partition coefficient (Wildman–Crippen LogP) is 3.43. The summed E-state index contributed by atoms with van der Waals surface area (Å²) in [5.41, 5.74) is 2.31. The predicted molar refractivity (Wildman–Crippen MR) is 68.7 cm³/mol. The van der Waals surface area contributed by atoms with E-state index in [1.807, 2.05) is 6.07 Å². The number of hydrogen-bond donors (Lipinski definition) is 0. The van der Waals surface area contributed by atoms with Gasteiger partial charge in [0, 0.05) is 12.0 Å². The minimum atomic E-state index is 0.202. The summed E-state index contributed by atoms with van der Waals surface area (Å²) in [6.45, 7) is 4.41. The molecule has 1 aliphatic rings. The van der Waals surface area contributed by atoms with Gasteiger partial charge >= 0.3 is 0 Å². The summed E-state index contributed by atoms with van der Waals surface area (Å²) >= 11 is 3.49. The lowest BCUT2D eigenvalue weighted by Gasteiger charge is -2.16. The van der Waals surface area contributed by atoms with Gasteiger partial charge < -0.3 is 14.3 Å². The zero-order valence-electron chi connectivity index (χ0n) is 9.96. The maximum Gasteiger partial charge on any atom is 0.231 e. The van der Waals surface area contributed by atoms with Crippen molar-refractivity contribution in [3.05, 3.63) is 21.7 Å². The molecule has 4 heteroatoms. The van der Waals surface area contributed by atoms with Crippen LogP contribution in [0.15, 0.2) is 10.5 Å². The van der Waals surface area contributed by atoms with E-state index in [1.54, 1.807) is 0 Å². The summed E-state index contributed by atoms with van der Waals surface area (Å²) < 4.78 is 11.9. The van der Waals surface area contributed by atoms with Gasteiger partial charge in [0.1, 0.15) is 6.29 Å². The van der Waals surface area contributed by atoms with Gasteiger partial charge in [0.25, 0.3) is 0 Å². The normalized spacial score (nSPS) is 14.8. The third-order valence-corrected chi connectivity index (χ3v) is 3.66. The van der Waals surface area contributed by atoms with Gasteiger partial charge in [-0.2, -0.15) is 0 Å². The first-order valence-electron chi connectivity index (χ1n) is 5.73. The van der Waals surface area contributed by atoms with Gasteiger partial charge in [0.05, 0.1) is 4.47 Å². The molecule has 0 aliphatic carbocycles. The van der Waals surface area contributed by atoms with E-state index in [2.05, 4.69) is 29.8 Å². The van der Waals surface area contributed by atoms with E-state index < -0.39 is 0 Å². The van der Waals surface area contributed by atoms with Gasteiger partial charge in [0.15, 0.2) is 11.5 Å². The van der Waals surface area contributed by atoms with Crippen LogP contribution in [0.2, 0.25) is 0 Å². The van der Waals surface area contributed by atoms with Crippen LogP contribution in [0.25, 0.3) is 0 Å². The zero-order valence-corrected chi connectivity index (χ0v) is 11.5. The molecule has 0 saturated heterocycles. The fraction of sp³-hybridized carbons (Fsp3) is 0.462. The van der Waals surface area contributed by atoms with E-state index >= 15 is 0 Å². The number of benzene rings is 1. The van der Waals surface area contributed by atoms with Gasteiger partial charge in [-0.1, -0.05) is 13.8 Å². The van der Waals surface area contributed by atoms with Crippen molar-refractivity contribution >= 4 is 22.2 Å². The number of fused-ring (bicyclic) bond motifs is 1. The number of carbonyl (C=O) groups excluding carboxylic acids is 1. The molecule has 0 fully saturated rings. The molecule has 0 radical (unpaired) electrons. The van der Waals surface area contributed by atoms with Crippen molar-refractivity contribution < 1.29 is 14.3 Å². The van der Waals surface area contributed by atoms with Gasteiger partial charge in [-0.05, 0) is 39.9 Å². The Morgan fingerprint density at radius 1 is 1.47 bits per heavy atom. The Kier molecular flexibility index (Phi) is 3.72. The minimum Gasteiger partial charge on any atom is -0.453 e. The molecule has 0 saturated carbocycles. The number of rotatable bonds is 4. The Labute approximate surface area is 109 Å². The number of carbonyl (C=O) groups is 1. The Morgan fingerprint density at radius 2 is 2.18 bits per heavy atom. The second-order valence-electron chi connectivity index (χ2n) is 4.15. The highest BCUT2D eigenvalue weighted by Gasteiger charge is 2.25. The van der Waals surface area contributed by atoms with E-state index in [1.165, 1.54) is 0 Å². The molecule has 0 spiro atoms. The molecule has 1 aliphatic heterocycles. The molecular formula is C13H15BrO3. The fourth-order valence-electron chi connectivity index (χ4n) is 2.18. The van der Waals surface area contributed by atoms with E-state index in [9.17, 15) is 4.79 Å². The molecule has 3 nitrogen and oxygen atoms in total. The van der Waals surface area contributed by atoms with Crippen LogP contribution in [-0.2, 0) is 11.2 Å². The van der Waals surface area contributed by atoms with Gasteiger partial charge in [0.2, 0.25) is 6.79 Å². The van der Waals surface area contributed by atoms with Crippen LogP contribution in [0.1, 0.15) is 37.3 Å². The molecule has 1 aromatic rings. The molecule has 1 aromatic carbocycles. The summed E-state index contributed by atoms with van der Waals surface area (Å²) in [4.78, 5) is 10.6. The second kappa shape index (κ2) is 5.08. The lowest BCUT2D eigenvalue weighted by atomic mass is 9.91. The Morgan fingerprint density at radius 3 is 2.82 bits per heavy atom. The summed E-state index contributed by atoms with van der Waals surface area (Å²) in [5.74, 6) is 1.81. The van der Waals surface area contributed by atoms with Crippen molar-refractivity contribution in [1.29, 1.82) is 0 Å². The molecule has 1 heterocycles. The standard InChI is InChI=1S/C13H15BrO3/c1-3-9-10(8(2)4-5-15)6-11(14)13-12(9)16-7-17-13/h5-6,8H,3-4,7H2,1-2H3. The number of halogens is 1. The van der Waals surface area contributed by atoms with E-state index in [0.717, 1.165) is 39.8 Å². The van der Waals surface area contributed by atoms with Crippen molar-refractivity contribution in [3.63, 3.8) is 0 Å². The third kappa shape index (κ3) is 2.18. The fourth-order valence-corrected chi connectivity index (χ4v) is 2.72. The zero-order chi connectivity index (χ0) is 12.4. The molecule has 1 unspecified atom stereocenters. The summed E-state index contributed by atoms with van der Waals surface area (Å²) in [7, 11) is 0. The molecule has 0 bridgehead atoms. The SMILES string of the molecule is CCc1c(C(C)CC=O)cc(Br)c2c1OCO2. The van der Waals surface area contributed by atoms with Crippen LogP contribution in [0.3, 0.4) is 0 Å². The number of hydrogen-bond acceptors (Lipinski definition) is 3. The first-order chi connectivity index (χ1) is 8.19. The van der Waals surface area contributed by atoms with Crippen LogP contribution in [0.5, 0.6) is 11.5 Å². The Hall–Kier alpha value is -1.03. The van der Waals surface area contributed by atoms with Crippen LogP contribution < -0.4 is 9.47 Å². The molecule has 92 valence electrons. The van der Waals surface area contributed by atoms with E-state index in [4.69, 9.17) is 9.47 Å². The van der Waals surface area contributed by atoms with E-state index in [0.29, 0.717) is 6.42 Å². The van der Waals surface area contributed by atoms with Crippen LogP contribution in [0.4, 0.5) is 0 Å². The molecule has 17 heavy (non-hydrogen) atoms. The molecule has 0 aromatic heterocycles. The number of aldehydes is 1. The average molecular weight is 299 g/mol.